The molecule has 1 aromatic carbocycles. The molecule has 0 radical (unpaired) electrons. The first-order valence-corrected chi connectivity index (χ1v) is 9.85. The van der Waals surface area contributed by atoms with Crippen molar-refractivity contribution < 1.29 is 13.2 Å². The molecule has 1 rings (SSSR count). The molecule has 0 aliphatic rings. The van der Waals surface area contributed by atoms with Crippen molar-refractivity contribution in [2.45, 2.75) is 33.7 Å². The van der Waals surface area contributed by atoms with E-state index >= 15 is 0 Å². The standard InChI is InChI=1S/C17H28N2O3S/c1-5-18(13-16-9-7-6-8-10-16)17(20)14-19(23(4,21)22)12-11-15(2)3/h6-10,15H,5,11-14H2,1-4H3. The van der Waals surface area contributed by atoms with Gasteiger partial charge in [-0.1, -0.05) is 44.2 Å². The van der Waals surface area contributed by atoms with Gasteiger partial charge in [0.25, 0.3) is 0 Å². The molecule has 0 atom stereocenters. The third-order valence-corrected chi connectivity index (χ3v) is 4.94. The molecule has 1 amide bonds. The van der Waals surface area contributed by atoms with Crippen molar-refractivity contribution in [1.82, 2.24) is 9.21 Å². The zero-order valence-corrected chi connectivity index (χ0v) is 15.3. The first-order chi connectivity index (χ1) is 10.7. The Morgan fingerprint density at radius 1 is 1.17 bits per heavy atom. The maximum absolute atomic E-state index is 12.5. The van der Waals surface area contributed by atoms with Gasteiger partial charge in [0.05, 0.1) is 12.8 Å². The van der Waals surface area contributed by atoms with E-state index in [1.54, 1.807) is 4.90 Å². The number of benzene rings is 1. The number of likely N-dealkylation sites (N-methyl/N-ethyl adjacent to an activating group) is 1. The predicted octanol–water partition coefficient (Wildman–Crippen LogP) is 2.34. The highest BCUT2D eigenvalue weighted by molar-refractivity contribution is 7.88. The van der Waals surface area contributed by atoms with Crippen molar-refractivity contribution >= 4 is 15.9 Å². The first kappa shape index (κ1) is 19.6. The van der Waals surface area contributed by atoms with Crippen LogP contribution in [0.25, 0.3) is 0 Å². The van der Waals surface area contributed by atoms with Crippen LogP contribution in [0.2, 0.25) is 0 Å². The van der Waals surface area contributed by atoms with Crippen LogP contribution in [0, 0.1) is 5.92 Å². The number of rotatable bonds is 9. The average molecular weight is 340 g/mol. The van der Waals surface area contributed by atoms with Gasteiger partial charge >= 0.3 is 0 Å². The van der Waals surface area contributed by atoms with Gasteiger partial charge < -0.3 is 4.90 Å². The fraction of sp³-hybridized carbons (Fsp3) is 0.588. The maximum atomic E-state index is 12.5. The minimum atomic E-state index is -3.38. The van der Waals surface area contributed by atoms with Crippen LogP contribution in [0.3, 0.4) is 0 Å². The largest absolute Gasteiger partial charge is 0.338 e. The van der Waals surface area contributed by atoms with Crippen molar-refractivity contribution in [3.8, 4) is 0 Å². The molecular weight excluding hydrogens is 312 g/mol. The lowest BCUT2D eigenvalue weighted by atomic mass is 10.1. The summed E-state index contributed by atoms with van der Waals surface area (Å²) in [6.07, 6.45) is 1.90. The molecule has 0 aliphatic carbocycles. The third-order valence-electron chi connectivity index (χ3n) is 3.69. The second kappa shape index (κ2) is 9.03. The van der Waals surface area contributed by atoms with Gasteiger partial charge in [-0.05, 0) is 24.8 Å². The minimum absolute atomic E-state index is 0.0910. The predicted molar refractivity (Wildman–Crippen MR) is 93.4 cm³/mol. The Hall–Kier alpha value is -1.40. The van der Waals surface area contributed by atoms with E-state index < -0.39 is 10.0 Å². The topological polar surface area (TPSA) is 57.7 Å². The molecule has 6 heteroatoms. The molecule has 0 unspecified atom stereocenters. The highest BCUT2D eigenvalue weighted by atomic mass is 32.2. The quantitative estimate of drug-likeness (QED) is 0.693. The Morgan fingerprint density at radius 2 is 1.78 bits per heavy atom. The minimum Gasteiger partial charge on any atom is -0.338 e. The van der Waals surface area contributed by atoms with Gasteiger partial charge in [-0.2, -0.15) is 4.31 Å². The van der Waals surface area contributed by atoms with E-state index in [1.165, 1.54) is 4.31 Å². The van der Waals surface area contributed by atoms with E-state index in [0.717, 1.165) is 18.2 Å². The Kier molecular flexibility index (Phi) is 7.72. The van der Waals surface area contributed by atoms with Crippen molar-refractivity contribution in [2.24, 2.45) is 5.92 Å². The first-order valence-electron chi connectivity index (χ1n) is 8.00. The number of hydrogen-bond acceptors (Lipinski definition) is 3. The van der Waals surface area contributed by atoms with Gasteiger partial charge in [0, 0.05) is 19.6 Å². The van der Waals surface area contributed by atoms with Crippen molar-refractivity contribution in [3.63, 3.8) is 0 Å². The molecule has 0 fully saturated rings. The summed E-state index contributed by atoms with van der Waals surface area (Å²) in [5, 5.41) is 0. The fourth-order valence-electron chi connectivity index (χ4n) is 2.20. The number of carbonyl (C=O) groups excluding carboxylic acids is 1. The number of nitrogens with zero attached hydrogens (tertiary/aromatic N) is 2. The van der Waals surface area contributed by atoms with Crippen LogP contribution in [0.5, 0.6) is 0 Å². The number of sulfonamides is 1. The van der Waals surface area contributed by atoms with E-state index in [0.29, 0.717) is 25.6 Å². The maximum Gasteiger partial charge on any atom is 0.238 e. The summed E-state index contributed by atoms with van der Waals surface area (Å²) in [7, 11) is -3.38. The van der Waals surface area contributed by atoms with Crippen molar-refractivity contribution in [3.05, 3.63) is 35.9 Å². The van der Waals surface area contributed by atoms with E-state index in [1.807, 2.05) is 51.1 Å². The van der Waals surface area contributed by atoms with Crippen LogP contribution in [-0.2, 0) is 21.4 Å². The number of carbonyl (C=O) groups is 1. The molecule has 130 valence electrons. The highest BCUT2D eigenvalue weighted by Crippen LogP contribution is 2.09. The summed E-state index contributed by atoms with van der Waals surface area (Å²) in [5.74, 6) is 0.228. The molecule has 0 aliphatic heterocycles. The van der Waals surface area contributed by atoms with Gasteiger partial charge in [-0.3, -0.25) is 4.79 Å². The van der Waals surface area contributed by atoms with Crippen LogP contribution < -0.4 is 0 Å². The van der Waals surface area contributed by atoms with Crippen molar-refractivity contribution in [2.75, 3.05) is 25.9 Å². The van der Waals surface area contributed by atoms with Gasteiger partial charge in [-0.25, -0.2) is 8.42 Å². The normalized spacial score (nSPS) is 11.9. The zero-order chi connectivity index (χ0) is 17.5. The molecular formula is C17H28N2O3S. The number of amides is 1. The second-order valence-electron chi connectivity index (χ2n) is 6.17. The second-order valence-corrected chi connectivity index (χ2v) is 8.16. The fourth-order valence-corrected chi connectivity index (χ4v) is 2.98. The molecule has 0 saturated heterocycles. The summed E-state index contributed by atoms with van der Waals surface area (Å²) < 4.78 is 25.1. The van der Waals surface area contributed by atoms with Gasteiger partial charge in [0.2, 0.25) is 15.9 Å². The summed E-state index contributed by atoms with van der Waals surface area (Å²) in [6, 6.07) is 9.71. The van der Waals surface area contributed by atoms with Crippen LogP contribution >= 0.6 is 0 Å². The smallest absolute Gasteiger partial charge is 0.238 e. The lowest BCUT2D eigenvalue weighted by Gasteiger charge is -2.26. The Morgan fingerprint density at radius 3 is 2.26 bits per heavy atom. The molecule has 23 heavy (non-hydrogen) atoms. The number of hydrogen-bond donors (Lipinski definition) is 0. The lowest BCUT2D eigenvalue weighted by molar-refractivity contribution is -0.131. The van der Waals surface area contributed by atoms with E-state index in [2.05, 4.69) is 0 Å². The van der Waals surface area contributed by atoms with Crippen LogP contribution in [0.15, 0.2) is 30.3 Å². The van der Waals surface area contributed by atoms with E-state index in [4.69, 9.17) is 0 Å². The molecule has 5 nitrogen and oxygen atoms in total. The summed E-state index contributed by atoms with van der Waals surface area (Å²) >= 11 is 0. The SMILES string of the molecule is CCN(Cc1ccccc1)C(=O)CN(CCC(C)C)S(C)(=O)=O. The van der Waals surface area contributed by atoms with Crippen LogP contribution in [-0.4, -0.2) is 49.4 Å². The zero-order valence-electron chi connectivity index (χ0n) is 14.5. The Labute approximate surface area is 140 Å². The summed E-state index contributed by atoms with van der Waals surface area (Å²) in [6.45, 7) is 7.32. The van der Waals surface area contributed by atoms with Gasteiger partial charge in [0.1, 0.15) is 0 Å². The lowest BCUT2D eigenvalue weighted by Crippen LogP contribution is -2.42. The molecule has 0 N–H and O–H groups in total. The summed E-state index contributed by atoms with van der Waals surface area (Å²) in [4.78, 5) is 14.2. The van der Waals surface area contributed by atoms with E-state index in [9.17, 15) is 13.2 Å². The highest BCUT2D eigenvalue weighted by Gasteiger charge is 2.23. The van der Waals surface area contributed by atoms with Gasteiger partial charge in [-0.15, -0.1) is 0 Å². The monoisotopic (exact) mass is 340 g/mol. The van der Waals surface area contributed by atoms with E-state index in [-0.39, 0.29) is 12.5 Å². The summed E-state index contributed by atoms with van der Waals surface area (Å²) in [5.41, 5.74) is 1.04. The van der Waals surface area contributed by atoms with Crippen molar-refractivity contribution in [1.29, 1.82) is 0 Å². The van der Waals surface area contributed by atoms with Crippen LogP contribution in [0.1, 0.15) is 32.8 Å². The molecule has 1 aromatic rings. The molecule has 0 saturated carbocycles. The Balaban J connectivity index is 2.74. The van der Waals surface area contributed by atoms with Gasteiger partial charge in [0.15, 0.2) is 0 Å². The molecule has 0 aromatic heterocycles. The molecule has 0 heterocycles. The van der Waals surface area contributed by atoms with Crippen LogP contribution in [0.4, 0.5) is 0 Å². The third kappa shape index (κ3) is 7.14. The average Bonchev–Trinajstić information content (AvgIpc) is 2.48. The Bertz CT molecular complexity index is 585. The molecule has 0 bridgehead atoms. The molecule has 0 spiro atoms.